The highest BCUT2D eigenvalue weighted by Crippen LogP contribution is 2.71. The molecule has 150 valence electrons. The normalized spacial score (nSPS) is 18.0. The van der Waals surface area contributed by atoms with Crippen LogP contribution in [0.25, 0.3) is 0 Å². The summed E-state index contributed by atoms with van der Waals surface area (Å²) in [4.78, 5) is 10.1. The van der Waals surface area contributed by atoms with E-state index in [1.807, 2.05) is 0 Å². The van der Waals surface area contributed by atoms with Crippen molar-refractivity contribution in [3.63, 3.8) is 0 Å². The van der Waals surface area contributed by atoms with Gasteiger partial charge >= 0.3 is 30.6 Å². The lowest BCUT2D eigenvalue weighted by Crippen LogP contribution is -2.81. The number of carbonyl (C=O) groups is 1. The Bertz CT molecular complexity index is 506. The van der Waals surface area contributed by atoms with Crippen LogP contribution in [0.4, 0.5) is 65.9 Å². The van der Waals surface area contributed by atoms with E-state index in [-0.39, 0.29) is 0 Å². The Morgan fingerprint density at radius 2 is 0.800 bits per heavy atom. The number of carboxylic acids is 1. The molecule has 2 nitrogen and oxygen atoms in total. The maximum Gasteiger partial charge on any atom is 0.454 e. The van der Waals surface area contributed by atoms with Crippen LogP contribution in [0.3, 0.4) is 0 Å². The second kappa shape index (κ2) is 5.46. The van der Waals surface area contributed by atoms with Gasteiger partial charge in [0, 0.05) is 0 Å². The van der Waals surface area contributed by atoms with E-state index in [0.29, 0.717) is 0 Å². The first-order valence-corrected chi connectivity index (χ1v) is 4.99. The molecule has 0 aliphatic rings. The summed E-state index contributed by atoms with van der Waals surface area (Å²) < 4.78 is 188. The van der Waals surface area contributed by atoms with Crippen LogP contribution in [0.1, 0.15) is 0 Å². The average Bonchev–Trinajstić information content (AvgIpc) is 2.20. The average molecular weight is 413 g/mol. The first-order chi connectivity index (χ1) is 10.4. The molecule has 1 unspecified atom stereocenters. The molecule has 0 aromatic rings. The number of alkyl halides is 15. The number of hydrogen-bond acceptors (Lipinski definition) is 2. The molecule has 0 aliphatic heterocycles. The zero-order chi connectivity index (χ0) is 21.1. The number of aliphatic carboxylic acids is 1. The Labute approximate surface area is 125 Å². The Morgan fingerprint density at radius 1 is 0.520 bits per heavy atom. The molecular formula is C8F15O2-. The van der Waals surface area contributed by atoms with Crippen LogP contribution in [0.15, 0.2) is 0 Å². The Morgan fingerprint density at radius 3 is 0.920 bits per heavy atom. The largest absolute Gasteiger partial charge is 0.546 e. The first-order valence-electron chi connectivity index (χ1n) is 4.99. The summed E-state index contributed by atoms with van der Waals surface area (Å²) in [5, 5.41) is 10.1. The summed E-state index contributed by atoms with van der Waals surface area (Å²) in [6, 6.07) is 0. The topological polar surface area (TPSA) is 40.1 Å². The summed E-state index contributed by atoms with van der Waals surface area (Å²) >= 11 is 0. The highest BCUT2D eigenvalue weighted by Gasteiger charge is 3.00. The number of halogens is 15. The van der Waals surface area contributed by atoms with Crippen LogP contribution < -0.4 is 5.11 Å². The monoisotopic (exact) mass is 413 g/mol. The zero-order valence-electron chi connectivity index (χ0n) is 10.5. The molecule has 0 saturated carbocycles. The highest BCUT2D eigenvalue weighted by atomic mass is 19.4. The summed E-state index contributed by atoms with van der Waals surface area (Å²) in [6.07, 6.45) is -33.1. The van der Waals surface area contributed by atoms with E-state index < -0.39 is 47.7 Å². The maximum atomic E-state index is 13.6. The van der Waals surface area contributed by atoms with E-state index in [0.717, 1.165) is 0 Å². The molecule has 0 N–H and O–H groups in total. The van der Waals surface area contributed by atoms with Crippen molar-refractivity contribution in [1.82, 2.24) is 0 Å². The van der Waals surface area contributed by atoms with Crippen molar-refractivity contribution in [3.8, 4) is 0 Å². The maximum absolute atomic E-state index is 13.6. The third-order valence-corrected chi connectivity index (χ3v) is 2.87. The van der Waals surface area contributed by atoms with Crippen LogP contribution >= 0.6 is 0 Å². The fourth-order valence-electron chi connectivity index (χ4n) is 1.82. The standard InChI is InChI=1S/C8HF15O2/c9-2(1(24)25,5(12,13)14)3(6(15,16)17,7(18,19)20)4(10,11)8(21,22)23/h(H,24,25)/p-1. The lowest BCUT2D eigenvalue weighted by Gasteiger charge is -2.50. The van der Waals surface area contributed by atoms with Gasteiger partial charge in [0.1, 0.15) is 0 Å². The van der Waals surface area contributed by atoms with E-state index in [4.69, 9.17) is 0 Å². The van der Waals surface area contributed by atoms with Crippen LogP contribution in [-0.4, -0.2) is 42.3 Å². The number of carboxylic acid groups (broad SMARTS) is 1. The van der Waals surface area contributed by atoms with Crippen molar-refractivity contribution in [3.05, 3.63) is 0 Å². The lowest BCUT2D eigenvalue weighted by atomic mass is 9.65. The molecule has 0 aliphatic carbocycles. The first kappa shape index (κ1) is 23.4. The quantitative estimate of drug-likeness (QED) is 0.667. The molecule has 0 bridgehead atoms. The second-order valence-electron chi connectivity index (χ2n) is 4.26. The van der Waals surface area contributed by atoms with Crippen LogP contribution in [0, 0.1) is 5.41 Å². The van der Waals surface area contributed by atoms with Gasteiger partial charge in [-0.3, -0.25) is 0 Å². The molecule has 1 atom stereocenters. The smallest absolute Gasteiger partial charge is 0.454 e. The summed E-state index contributed by atoms with van der Waals surface area (Å²) in [5.41, 5.74) is -17.1. The molecule has 25 heavy (non-hydrogen) atoms. The predicted octanol–water partition coefficient (Wildman–Crippen LogP) is 3.32. The third kappa shape index (κ3) is 2.74. The third-order valence-electron chi connectivity index (χ3n) is 2.87. The van der Waals surface area contributed by atoms with Gasteiger partial charge < -0.3 is 9.90 Å². The van der Waals surface area contributed by atoms with Crippen molar-refractivity contribution in [1.29, 1.82) is 0 Å². The Hall–Kier alpha value is -1.58. The lowest BCUT2D eigenvalue weighted by molar-refractivity contribution is -0.499. The zero-order valence-corrected chi connectivity index (χ0v) is 10.5. The summed E-state index contributed by atoms with van der Waals surface area (Å²) in [6.45, 7) is 0. The Balaban J connectivity index is 7.74. The van der Waals surface area contributed by atoms with Gasteiger partial charge in [0.25, 0.3) is 11.1 Å². The molecule has 0 amide bonds. The van der Waals surface area contributed by atoms with Gasteiger partial charge in [-0.1, -0.05) is 0 Å². The molecule has 17 heteroatoms. The number of hydrogen-bond donors (Lipinski definition) is 0. The van der Waals surface area contributed by atoms with Gasteiger partial charge in [-0.05, 0) is 0 Å². The second-order valence-corrected chi connectivity index (χ2v) is 4.26. The van der Waals surface area contributed by atoms with E-state index in [1.165, 1.54) is 0 Å². The minimum absolute atomic E-state index is 5.15. The fourth-order valence-corrected chi connectivity index (χ4v) is 1.82. The van der Waals surface area contributed by atoms with Gasteiger partial charge in [0.15, 0.2) is 0 Å². The molecule has 0 fully saturated rings. The van der Waals surface area contributed by atoms with Gasteiger partial charge in [-0.2, -0.15) is 61.5 Å². The molecule has 0 rings (SSSR count). The molecular weight excluding hydrogens is 413 g/mol. The van der Waals surface area contributed by atoms with Crippen LogP contribution in [0.2, 0.25) is 0 Å². The molecule has 0 heterocycles. The number of rotatable bonds is 3. The fraction of sp³-hybridized carbons (Fsp3) is 0.875. The molecule has 0 aromatic carbocycles. The molecule has 0 saturated heterocycles. The minimum Gasteiger partial charge on any atom is -0.546 e. The summed E-state index contributed by atoms with van der Waals surface area (Å²) in [5.74, 6) is -13.8. The van der Waals surface area contributed by atoms with Gasteiger partial charge in [0.05, 0.1) is 5.97 Å². The van der Waals surface area contributed by atoms with Crippen molar-refractivity contribution in [2.45, 2.75) is 36.3 Å². The highest BCUT2D eigenvalue weighted by molar-refractivity contribution is 5.79. The van der Waals surface area contributed by atoms with E-state index in [1.54, 1.807) is 0 Å². The Kier molecular flexibility index (Phi) is 5.11. The SMILES string of the molecule is O=C([O-])C(F)(C(F)(F)F)C(C(F)(F)F)(C(F)(F)F)C(F)(F)C(F)(F)F. The summed E-state index contributed by atoms with van der Waals surface area (Å²) in [7, 11) is 0. The molecule has 0 radical (unpaired) electrons. The predicted molar refractivity (Wildman–Crippen MR) is 40.4 cm³/mol. The molecule has 0 spiro atoms. The van der Waals surface area contributed by atoms with Crippen molar-refractivity contribution in [2.24, 2.45) is 5.41 Å². The van der Waals surface area contributed by atoms with Crippen molar-refractivity contribution in [2.75, 3.05) is 0 Å². The van der Waals surface area contributed by atoms with E-state index in [2.05, 4.69) is 0 Å². The van der Waals surface area contributed by atoms with Gasteiger partial charge in [0.2, 0.25) is 0 Å². The van der Waals surface area contributed by atoms with Crippen molar-refractivity contribution >= 4 is 5.97 Å². The van der Waals surface area contributed by atoms with E-state index in [9.17, 15) is 75.8 Å². The van der Waals surface area contributed by atoms with Crippen LogP contribution in [-0.2, 0) is 4.79 Å². The van der Waals surface area contributed by atoms with E-state index >= 15 is 0 Å². The number of carbonyl (C=O) groups excluding carboxylic acids is 1. The van der Waals surface area contributed by atoms with Crippen LogP contribution in [0.5, 0.6) is 0 Å². The van der Waals surface area contributed by atoms with Crippen molar-refractivity contribution < 1.29 is 75.8 Å². The van der Waals surface area contributed by atoms with Gasteiger partial charge in [-0.25, -0.2) is 4.39 Å². The molecule has 0 aromatic heterocycles. The van der Waals surface area contributed by atoms with Gasteiger partial charge in [-0.15, -0.1) is 0 Å². The minimum atomic E-state index is -8.80.